The van der Waals surface area contributed by atoms with Gasteiger partial charge in [-0.25, -0.2) is 0 Å². The molecule has 0 amide bonds. The van der Waals surface area contributed by atoms with Crippen LogP contribution in [0.15, 0.2) is 18.2 Å². The summed E-state index contributed by atoms with van der Waals surface area (Å²) in [6, 6.07) is 4.78. The van der Waals surface area contributed by atoms with Gasteiger partial charge in [-0.1, -0.05) is 6.07 Å². The fraction of sp³-hybridized carbons (Fsp3) is 0.333. The van der Waals surface area contributed by atoms with E-state index in [1.54, 1.807) is 18.2 Å². The Balaban J connectivity index is 2.95. The molecule has 4 heteroatoms. The van der Waals surface area contributed by atoms with Crippen LogP contribution in [0.2, 0.25) is 0 Å². The fourth-order valence-corrected chi connectivity index (χ4v) is 1.07. The average molecular weight is 182 g/mol. The second-order valence-electron chi connectivity index (χ2n) is 2.77. The van der Waals surface area contributed by atoms with E-state index in [-0.39, 0.29) is 11.8 Å². The molecule has 0 spiro atoms. The lowest BCUT2D eigenvalue weighted by Crippen LogP contribution is -2.20. The lowest BCUT2D eigenvalue weighted by molar-refractivity contribution is 0.373. The molecule has 0 saturated heterocycles. The van der Waals surface area contributed by atoms with Gasteiger partial charge in [0.05, 0.1) is 7.11 Å². The zero-order valence-electron chi connectivity index (χ0n) is 7.53. The normalized spacial score (nSPS) is 12.5. The third-order valence-electron chi connectivity index (χ3n) is 1.88. The quantitative estimate of drug-likeness (QED) is 0.630. The molecule has 1 rings (SSSR count). The molecule has 1 unspecified atom stereocenters. The van der Waals surface area contributed by atoms with Crippen LogP contribution in [-0.4, -0.2) is 18.8 Å². The highest BCUT2D eigenvalue weighted by molar-refractivity contribution is 5.42. The highest BCUT2D eigenvalue weighted by Crippen LogP contribution is 2.27. The van der Waals surface area contributed by atoms with E-state index >= 15 is 0 Å². The Bertz CT molecular complexity index is 289. The van der Waals surface area contributed by atoms with Gasteiger partial charge in [0, 0.05) is 12.6 Å². The number of nitrogens with two attached hydrogens (primary N) is 2. The first-order valence-electron chi connectivity index (χ1n) is 4.01. The van der Waals surface area contributed by atoms with Gasteiger partial charge < -0.3 is 21.3 Å². The average Bonchev–Trinajstić information content (AvgIpc) is 2.16. The van der Waals surface area contributed by atoms with Gasteiger partial charge in [0.15, 0.2) is 11.5 Å². The largest absolute Gasteiger partial charge is 0.504 e. The molecular weight excluding hydrogens is 168 g/mol. The van der Waals surface area contributed by atoms with Crippen molar-refractivity contribution in [2.75, 3.05) is 13.7 Å². The van der Waals surface area contributed by atoms with Crippen molar-refractivity contribution in [3.05, 3.63) is 23.8 Å². The Morgan fingerprint density at radius 3 is 2.69 bits per heavy atom. The van der Waals surface area contributed by atoms with Crippen LogP contribution in [0.3, 0.4) is 0 Å². The fourth-order valence-electron chi connectivity index (χ4n) is 1.07. The van der Waals surface area contributed by atoms with E-state index < -0.39 is 0 Å². The molecule has 72 valence electrons. The summed E-state index contributed by atoms with van der Waals surface area (Å²) in [7, 11) is 1.50. The summed E-state index contributed by atoms with van der Waals surface area (Å²) >= 11 is 0. The lowest BCUT2D eigenvalue weighted by atomic mass is 10.1. The van der Waals surface area contributed by atoms with Crippen LogP contribution >= 0.6 is 0 Å². The molecule has 0 saturated carbocycles. The SMILES string of the molecule is COc1ccc(C(N)CN)cc1O. The predicted molar refractivity (Wildman–Crippen MR) is 50.6 cm³/mol. The minimum Gasteiger partial charge on any atom is -0.504 e. The maximum Gasteiger partial charge on any atom is 0.160 e. The zero-order chi connectivity index (χ0) is 9.84. The van der Waals surface area contributed by atoms with E-state index in [1.807, 2.05) is 0 Å². The molecule has 0 heterocycles. The second kappa shape index (κ2) is 4.11. The second-order valence-corrected chi connectivity index (χ2v) is 2.77. The van der Waals surface area contributed by atoms with E-state index in [1.165, 1.54) is 7.11 Å². The molecule has 0 fully saturated rings. The summed E-state index contributed by atoms with van der Waals surface area (Å²) in [6.45, 7) is 0.353. The number of hydrogen-bond donors (Lipinski definition) is 3. The molecule has 1 aromatic carbocycles. The third-order valence-corrected chi connectivity index (χ3v) is 1.88. The molecule has 0 aliphatic carbocycles. The molecule has 0 aliphatic rings. The molecule has 5 N–H and O–H groups in total. The van der Waals surface area contributed by atoms with Gasteiger partial charge in [-0.3, -0.25) is 0 Å². The molecule has 0 radical (unpaired) electrons. The Morgan fingerprint density at radius 2 is 2.23 bits per heavy atom. The van der Waals surface area contributed by atoms with Gasteiger partial charge in [-0.2, -0.15) is 0 Å². The van der Waals surface area contributed by atoms with Crippen molar-refractivity contribution >= 4 is 0 Å². The Hall–Kier alpha value is -1.26. The molecule has 0 bridgehead atoms. The smallest absolute Gasteiger partial charge is 0.160 e. The predicted octanol–water partition coefficient (Wildman–Crippen LogP) is 0.359. The van der Waals surface area contributed by atoms with Crippen molar-refractivity contribution in [1.82, 2.24) is 0 Å². The maximum absolute atomic E-state index is 9.41. The summed E-state index contributed by atoms with van der Waals surface area (Å²) in [5.41, 5.74) is 11.9. The van der Waals surface area contributed by atoms with E-state index in [9.17, 15) is 5.11 Å². The van der Waals surface area contributed by atoms with Gasteiger partial charge in [0.1, 0.15) is 0 Å². The zero-order valence-corrected chi connectivity index (χ0v) is 7.53. The summed E-state index contributed by atoms with van der Waals surface area (Å²) in [5.74, 6) is 0.525. The summed E-state index contributed by atoms with van der Waals surface area (Å²) in [6.07, 6.45) is 0. The van der Waals surface area contributed by atoms with Crippen molar-refractivity contribution in [1.29, 1.82) is 0 Å². The van der Waals surface area contributed by atoms with Crippen molar-refractivity contribution in [2.45, 2.75) is 6.04 Å². The van der Waals surface area contributed by atoms with Crippen LogP contribution in [0.25, 0.3) is 0 Å². The highest BCUT2D eigenvalue weighted by Gasteiger charge is 2.07. The molecule has 0 aliphatic heterocycles. The van der Waals surface area contributed by atoms with Crippen LogP contribution in [0.4, 0.5) is 0 Å². The van der Waals surface area contributed by atoms with Crippen LogP contribution < -0.4 is 16.2 Å². The molecule has 4 nitrogen and oxygen atoms in total. The third kappa shape index (κ3) is 2.11. The molecule has 1 atom stereocenters. The standard InChI is InChI=1S/C9H14N2O2/c1-13-9-3-2-6(4-8(9)12)7(11)5-10/h2-4,7,12H,5,10-11H2,1H3. The number of aromatic hydroxyl groups is 1. The van der Waals surface area contributed by atoms with Crippen LogP contribution in [0, 0.1) is 0 Å². The van der Waals surface area contributed by atoms with Crippen LogP contribution in [0.1, 0.15) is 11.6 Å². The van der Waals surface area contributed by atoms with Crippen LogP contribution in [-0.2, 0) is 0 Å². The summed E-state index contributed by atoms with van der Waals surface area (Å²) in [4.78, 5) is 0. The highest BCUT2D eigenvalue weighted by atomic mass is 16.5. The van der Waals surface area contributed by atoms with Gasteiger partial charge in [-0.05, 0) is 17.7 Å². The number of hydrogen-bond acceptors (Lipinski definition) is 4. The first-order chi connectivity index (χ1) is 6.19. The first kappa shape index (κ1) is 9.83. The summed E-state index contributed by atoms with van der Waals surface area (Å²) in [5, 5.41) is 9.41. The molecule has 13 heavy (non-hydrogen) atoms. The number of benzene rings is 1. The van der Waals surface area contributed by atoms with Gasteiger partial charge >= 0.3 is 0 Å². The van der Waals surface area contributed by atoms with Crippen molar-refractivity contribution < 1.29 is 9.84 Å². The lowest BCUT2D eigenvalue weighted by Gasteiger charge is -2.10. The number of rotatable bonds is 3. The number of ether oxygens (including phenoxy) is 1. The maximum atomic E-state index is 9.41. The Morgan fingerprint density at radius 1 is 1.54 bits per heavy atom. The van der Waals surface area contributed by atoms with Crippen LogP contribution in [0.5, 0.6) is 11.5 Å². The monoisotopic (exact) mass is 182 g/mol. The summed E-state index contributed by atoms with van der Waals surface area (Å²) < 4.78 is 4.89. The van der Waals surface area contributed by atoms with E-state index in [0.717, 1.165) is 5.56 Å². The topological polar surface area (TPSA) is 81.5 Å². The first-order valence-corrected chi connectivity index (χ1v) is 4.01. The van der Waals surface area contributed by atoms with Crippen molar-refractivity contribution in [2.24, 2.45) is 11.5 Å². The minimum atomic E-state index is -0.239. The van der Waals surface area contributed by atoms with Gasteiger partial charge in [-0.15, -0.1) is 0 Å². The molecular formula is C9H14N2O2. The molecule has 0 aromatic heterocycles. The number of phenolic OH excluding ortho intramolecular Hbond substituents is 1. The Kier molecular flexibility index (Phi) is 3.11. The van der Waals surface area contributed by atoms with Crippen molar-refractivity contribution in [3.8, 4) is 11.5 Å². The van der Waals surface area contributed by atoms with E-state index in [2.05, 4.69) is 0 Å². The van der Waals surface area contributed by atoms with E-state index in [0.29, 0.717) is 12.3 Å². The van der Waals surface area contributed by atoms with Gasteiger partial charge in [0.2, 0.25) is 0 Å². The number of methoxy groups -OCH3 is 1. The minimum absolute atomic E-state index is 0.0869. The van der Waals surface area contributed by atoms with E-state index in [4.69, 9.17) is 16.2 Å². The number of phenols is 1. The van der Waals surface area contributed by atoms with Gasteiger partial charge in [0.25, 0.3) is 0 Å². The molecule has 1 aromatic rings. The Labute approximate surface area is 77.1 Å². The van der Waals surface area contributed by atoms with Crippen molar-refractivity contribution in [3.63, 3.8) is 0 Å².